The molecule has 0 spiro atoms. The number of anilines is 2. The van der Waals surface area contributed by atoms with Crippen LogP contribution in [0.3, 0.4) is 0 Å². The smallest absolute Gasteiger partial charge is 0.158 e. The van der Waals surface area contributed by atoms with Gasteiger partial charge in [-0.3, -0.25) is 0 Å². The van der Waals surface area contributed by atoms with Crippen molar-refractivity contribution in [3.8, 4) is 0 Å². The standard InChI is InChI=1S/C13H24N4O2/c1-4-19-8-13-16-11(14)7-12(17-13)15-10(5-6-18)9(2)3/h7,9-10,18H,4-6,8H2,1-3H3,(H3,14,15,16,17). The summed E-state index contributed by atoms with van der Waals surface area (Å²) in [6, 6.07) is 1.85. The Labute approximate surface area is 114 Å². The third-order valence-electron chi connectivity index (χ3n) is 2.81. The van der Waals surface area contributed by atoms with Crippen molar-refractivity contribution in [3.63, 3.8) is 0 Å². The molecule has 108 valence electrons. The topological polar surface area (TPSA) is 93.3 Å². The van der Waals surface area contributed by atoms with Gasteiger partial charge >= 0.3 is 0 Å². The molecule has 1 aromatic heterocycles. The highest BCUT2D eigenvalue weighted by molar-refractivity contribution is 5.45. The van der Waals surface area contributed by atoms with Gasteiger partial charge in [-0.05, 0) is 19.3 Å². The summed E-state index contributed by atoms with van der Waals surface area (Å²) >= 11 is 0. The number of nitrogens with two attached hydrogens (primary N) is 1. The van der Waals surface area contributed by atoms with Gasteiger partial charge in [0.25, 0.3) is 0 Å². The lowest BCUT2D eigenvalue weighted by Gasteiger charge is -2.22. The summed E-state index contributed by atoms with van der Waals surface area (Å²) < 4.78 is 5.28. The fourth-order valence-electron chi connectivity index (χ4n) is 1.75. The van der Waals surface area contributed by atoms with Crippen LogP contribution in [-0.2, 0) is 11.3 Å². The number of hydrogen-bond donors (Lipinski definition) is 3. The number of rotatable bonds is 8. The first-order valence-corrected chi connectivity index (χ1v) is 6.65. The summed E-state index contributed by atoms with van der Waals surface area (Å²) in [5.41, 5.74) is 5.76. The van der Waals surface area contributed by atoms with Crippen molar-refractivity contribution in [1.29, 1.82) is 0 Å². The molecule has 6 heteroatoms. The average Bonchev–Trinajstić information content (AvgIpc) is 2.35. The van der Waals surface area contributed by atoms with E-state index in [1.54, 1.807) is 6.07 Å². The van der Waals surface area contributed by atoms with Gasteiger partial charge in [-0.2, -0.15) is 0 Å². The van der Waals surface area contributed by atoms with E-state index in [0.29, 0.717) is 43.0 Å². The van der Waals surface area contributed by atoms with Gasteiger partial charge in [-0.15, -0.1) is 0 Å². The van der Waals surface area contributed by atoms with Crippen LogP contribution >= 0.6 is 0 Å². The fraction of sp³-hybridized carbons (Fsp3) is 0.692. The number of aliphatic hydroxyl groups excluding tert-OH is 1. The highest BCUT2D eigenvalue weighted by Gasteiger charge is 2.14. The molecule has 0 fully saturated rings. The van der Waals surface area contributed by atoms with Crippen LogP contribution in [0.5, 0.6) is 0 Å². The van der Waals surface area contributed by atoms with Crippen molar-refractivity contribution in [2.75, 3.05) is 24.3 Å². The van der Waals surface area contributed by atoms with E-state index >= 15 is 0 Å². The molecule has 0 radical (unpaired) electrons. The molecular weight excluding hydrogens is 244 g/mol. The zero-order valence-electron chi connectivity index (χ0n) is 11.9. The summed E-state index contributed by atoms with van der Waals surface area (Å²) in [5, 5.41) is 12.4. The van der Waals surface area contributed by atoms with Crippen molar-refractivity contribution in [1.82, 2.24) is 9.97 Å². The van der Waals surface area contributed by atoms with Crippen molar-refractivity contribution >= 4 is 11.6 Å². The molecule has 6 nitrogen and oxygen atoms in total. The van der Waals surface area contributed by atoms with Gasteiger partial charge in [0.15, 0.2) is 5.82 Å². The van der Waals surface area contributed by atoms with Crippen molar-refractivity contribution in [2.45, 2.75) is 39.8 Å². The van der Waals surface area contributed by atoms with E-state index in [0.717, 1.165) is 0 Å². The Morgan fingerprint density at radius 3 is 2.74 bits per heavy atom. The van der Waals surface area contributed by atoms with E-state index in [4.69, 9.17) is 15.6 Å². The molecule has 1 heterocycles. The summed E-state index contributed by atoms with van der Waals surface area (Å²) in [4.78, 5) is 8.49. The number of nitrogen functional groups attached to an aromatic ring is 1. The number of ether oxygens (including phenoxy) is 1. The lowest BCUT2D eigenvalue weighted by molar-refractivity contribution is 0.128. The fourth-order valence-corrected chi connectivity index (χ4v) is 1.75. The summed E-state index contributed by atoms with van der Waals surface area (Å²) in [5.74, 6) is 2.04. The van der Waals surface area contributed by atoms with Crippen LogP contribution in [0.1, 0.15) is 33.0 Å². The molecular formula is C13H24N4O2. The molecule has 0 aliphatic rings. The van der Waals surface area contributed by atoms with Crippen molar-refractivity contribution < 1.29 is 9.84 Å². The number of nitrogens with zero attached hydrogens (tertiary/aromatic N) is 2. The van der Waals surface area contributed by atoms with E-state index in [2.05, 4.69) is 29.1 Å². The van der Waals surface area contributed by atoms with Crippen molar-refractivity contribution in [3.05, 3.63) is 11.9 Å². The maximum atomic E-state index is 9.07. The Kier molecular flexibility index (Phi) is 6.52. The molecule has 0 aliphatic heterocycles. The molecule has 0 bridgehead atoms. The van der Waals surface area contributed by atoms with Crippen molar-refractivity contribution in [2.24, 2.45) is 5.92 Å². The van der Waals surface area contributed by atoms with Gasteiger partial charge < -0.3 is 20.9 Å². The normalized spacial score (nSPS) is 12.7. The molecule has 4 N–H and O–H groups in total. The molecule has 1 aromatic rings. The van der Waals surface area contributed by atoms with Gasteiger partial charge in [0, 0.05) is 25.3 Å². The second-order valence-corrected chi connectivity index (χ2v) is 4.74. The van der Waals surface area contributed by atoms with Gasteiger partial charge in [0.2, 0.25) is 0 Å². The molecule has 1 atom stereocenters. The molecule has 0 saturated heterocycles. The Morgan fingerprint density at radius 2 is 2.16 bits per heavy atom. The second kappa shape index (κ2) is 7.91. The molecule has 0 aromatic carbocycles. The summed E-state index contributed by atoms with van der Waals surface area (Å²) in [7, 11) is 0. The number of aromatic nitrogens is 2. The van der Waals surface area contributed by atoms with Crippen LogP contribution in [-0.4, -0.2) is 34.3 Å². The first-order chi connectivity index (χ1) is 9.06. The minimum atomic E-state index is 0.141. The molecule has 1 rings (SSSR count). The third kappa shape index (κ3) is 5.40. The zero-order valence-corrected chi connectivity index (χ0v) is 11.9. The first kappa shape index (κ1) is 15.7. The van der Waals surface area contributed by atoms with E-state index in [-0.39, 0.29) is 12.6 Å². The lowest BCUT2D eigenvalue weighted by atomic mass is 10.0. The van der Waals surface area contributed by atoms with E-state index < -0.39 is 0 Å². The molecule has 0 saturated carbocycles. The average molecular weight is 268 g/mol. The van der Waals surface area contributed by atoms with E-state index in [9.17, 15) is 0 Å². The SMILES string of the molecule is CCOCc1nc(N)cc(NC(CCO)C(C)C)n1. The van der Waals surface area contributed by atoms with E-state index in [1.165, 1.54) is 0 Å². The quantitative estimate of drug-likeness (QED) is 0.660. The van der Waals surface area contributed by atoms with Crippen LogP contribution in [0.15, 0.2) is 6.07 Å². The zero-order chi connectivity index (χ0) is 14.3. The first-order valence-electron chi connectivity index (χ1n) is 6.65. The number of nitrogens with one attached hydrogen (secondary N) is 1. The Balaban J connectivity index is 2.78. The van der Waals surface area contributed by atoms with Gasteiger partial charge in [0.1, 0.15) is 18.2 Å². The minimum Gasteiger partial charge on any atom is -0.396 e. The molecule has 0 amide bonds. The Hall–Kier alpha value is -1.40. The second-order valence-electron chi connectivity index (χ2n) is 4.74. The largest absolute Gasteiger partial charge is 0.396 e. The lowest BCUT2D eigenvalue weighted by Crippen LogP contribution is -2.27. The summed E-state index contributed by atoms with van der Waals surface area (Å²) in [6.45, 7) is 7.21. The van der Waals surface area contributed by atoms with Crippen LogP contribution in [0.4, 0.5) is 11.6 Å². The predicted molar refractivity (Wildman–Crippen MR) is 75.7 cm³/mol. The molecule has 1 unspecified atom stereocenters. The maximum Gasteiger partial charge on any atom is 0.158 e. The highest BCUT2D eigenvalue weighted by Crippen LogP contribution is 2.15. The Morgan fingerprint density at radius 1 is 1.42 bits per heavy atom. The third-order valence-corrected chi connectivity index (χ3v) is 2.81. The number of hydrogen-bond acceptors (Lipinski definition) is 6. The van der Waals surface area contributed by atoms with Crippen LogP contribution in [0.2, 0.25) is 0 Å². The van der Waals surface area contributed by atoms with Gasteiger partial charge in [0.05, 0.1) is 0 Å². The maximum absolute atomic E-state index is 9.07. The predicted octanol–water partition coefficient (Wildman–Crippen LogP) is 1.41. The Bertz CT molecular complexity index is 385. The minimum absolute atomic E-state index is 0.141. The van der Waals surface area contributed by atoms with Crippen LogP contribution < -0.4 is 11.1 Å². The molecule has 0 aliphatic carbocycles. The van der Waals surface area contributed by atoms with E-state index in [1.807, 2.05) is 6.92 Å². The number of aliphatic hydroxyl groups is 1. The summed E-state index contributed by atoms with van der Waals surface area (Å²) in [6.07, 6.45) is 0.669. The van der Waals surface area contributed by atoms with Crippen LogP contribution in [0, 0.1) is 5.92 Å². The van der Waals surface area contributed by atoms with Crippen LogP contribution in [0.25, 0.3) is 0 Å². The van der Waals surface area contributed by atoms with Gasteiger partial charge in [-0.1, -0.05) is 13.8 Å². The highest BCUT2D eigenvalue weighted by atomic mass is 16.5. The molecule has 19 heavy (non-hydrogen) atoms. The van der Waals surface area contributed by atoms with Gasteiger partial charge in [-0.25, -0.2) is 9.97 Å². The monoisotopic (exact) mass is 268 g/mol.